The van der Waals surface area contributed by atoms with Crippen molar-refractivity contribution in [3.63, 3.8) is 0 Å². The molecule has 1 unspecified atom stereocenters. The molecule has 0 aliphatic carbocycles. The number of nitrogens with one attached hydrogen (secondary N) is 1. The molecular formula is C14H14F3N3. The summed E-state index contributed by atoms with van der Waals surface area (Å²) in [7, 11) is 0. The third-order valence-corrected chi connectivity index (χ3v) is 2.92. The summed E-state index contributed by atoms with van der Waals surface area (Å²) in [5, 5.41) is 3.19. The molecule has 0 amide bonds. The van der Waals surface area contributed by atoms with Gasteiger partial charge in [0.15, 0.2) is 0 Å². The summed E-state index contributed by atoms with van der Waals surface area (Å²) in [6.45, 7) is 2.39. The SMILES string of the molecule is CC(NCc1ccc(C(F)(F)F)cc1)c1cnccn1. The van der Waals surface area contributed by atoms with Crippen LogP contribution in [0.25, 0.3) is 0 Å². The van der Waals surface area contributed by atoms with E-state index in [1.807, 2.05) is 6.92 Å². The molecule has 0 saturated heterocycles. The fourth-order valence-corrected chi connectivity index (χ4v) is 1.72. The molecule has 0 fully saturated rings. The van der Waals surface area contributed by atoms with Crippen molar-refractivity contribution >= 4 is 0 Å². The summed E-state index contributed by atoms with van der Waals surface area (Å²) in [5.74, 6) is 0. The van der Waals surface area contributed by atoms with Crippen molar-refractivity contribution in [2.75, 3.05) is 0 Å². The van der Waals surface area contributed by atoms with Gasteiger partial charge in [0.05, 0.1) is 11.3 Å². The second-order valence-electron chi connectivity index (χ2n) is 4.43. The van der Waals surface area contributed by atoms with Crippen LogP contribution in [0.1, 0.15) is 29.8 Å². The molecule has 6 heteroatoms. The van der Waals surface area contributed by atoms with Crippen molar-refractivity contribution < 1.29 is 13.2 Å². The van der Waals surface area contributed by atoms with Crippen LogP contribution in [0.2, 0.25) is 0 Å². The highest BCUT2D eigenvalue weighted by Gasteiger charge is 2.29. The van der Waals surface area contributed by atoms with Crippen molar-refractivity contribution in [1.82, 2.24) is 15.3 Å². The first-order valence-electron chi connectivity index (χ1n) is 6.12. The molecule has 0 aliphatic heterocycles. The van der Waals surface area contributed by atoms with Gasteiger partial charge < -0.3 is 5.32 Å². The van der Waals surface area contributed by atoms with E-state index in [-0.39, 0.29) is 6.04 Å². The van der Waals surface area contributed by atoms with Crippen molar-refractivity contribution in [3.8, 4) is 0 Å². The van der Waals surface area contributed by atoms with Gasteiger partial charge in [0, 0.05) is 31.2 Å². The van der Waals surface area contributed by atoms with E-state index in [1.165, 1.54) is 12.1 Å². The van der Waals surface area contributed by atoms with Gasteiger partial charge in [-0.2, -0.15) is 13.2 Å². The number of alkyl halides is 3. The van der Waals surface area contributed by atoms with Gasteiger partial charge in [0.25, 0.3) is 0 Å². The number of halogens is 3. The zero-order valence-electron chi connectivity index (χ0n) is 10.9. The van der Waals surface area contributed by atoms with Gasteiger partial charge in [0.1, 0.15) is 0 Å². The highest BCUT2D eigenvalue weighted by molar-refractivity contribution is 5.24. The topological polar surface area (TPSA) is 37.8 Å². The monoisotopic (exact) mass is 281 g/mol. The molecule has 0 spiro atoms. The molecule has 1 aromatic heterocycles. The molecule has 2 rings (SSSR count). The molecule has 106 valence electrons. The molecule has 3 nitrogen and oxygen atoms in total. The highest BCUT2D eigenvalue weighted by Crippen LogP contribution is 2.29. The van der Waals surface area contributed by atoms with Gasteiger partial charge in [-0.25, -0.2) is 0 Å². The summed E-state index contributed by atoms with van der Waals surface area (Å²) >= 11 is 0. The smallest absolute Gasteiger partial charge is 0.305 e. The van der Waals surface area contributed by atoms with Gasteiger partial charge >= 0.3 is 6.18 Å². The van der Waals surface area contributed by atoms with E-state index in [2.05, 4.69) is 15.3 Å². The Balaban J connectivity index is 1.94. The highest BCUT2D eigenvalue weighted by atomic mass is 19.4. The maximum Gasteiger partial charge on any atom is 0.416 e. The minimum atomic E-state index is -4.29. The van der Waals surface area contributed by atoms with E-state index in [0.29, 0.717) is 6.54 Å². The molecule has 0 radical (unpaired) electrons. The van der Waals surface area contributed by atoms with Crippen molar-refractivity contribution in [2.45, 2.75) is 25.7 Å². The Labute approximate surface area is 114 Å². The normalized spacial score (nSPS) is 13.2. The number of nitrogens with zero attached hydrogens (tertiary/aromatic N) is 2. The van der Waals surface area contributed by atoms with Crippen LogP contribution in [0.3, 0.4) is 0 Å². The van der Waals surface area contributed by atoms with E-state index < -0.39 is 11.7 Å². The number of benzene rings is 1. The molecule has 0 bridgehead atoms. The lowest BCUT2D eigenvalue weighted by Crippen LogP contribution is -2.19. The second-order valence-corrected chi connectivity index (χ2v) is 4.43. The van der Waals surface area contributed by atoms with Crippen LogP contribution in [0.4, 0.5) is 13.2 Å². The van der Waals surface area contributed by atoms with Crippen molar-refractivity contribution in [1.29, 1.82) is 0 Å². The van der Waals surface area contributed by atoms with Crippen LogP contribution in [-0.4, -0.2) is 9.97 Å². The Morgan fingerprint density at radius 1 is 1.15 bits per heavy atom. The van der Waals surface area contributed by atoms with E-state index in [0.717, 1.165) is 23.4 Å². The third kappa shape index (κ3) is 3.77. The zero-order valence-corrected chi connectivity index (χ0v) is 10.9. The summed E-state index contributed by atoms with van der Waals surface area (Å²) in [5.41, 5.74) is 0.941. The average molecular weight is 281 g/mol. The fraction of sp³-hybridized carbons (Fsp3) is 0.286. The Bertz CT molecular complexity index is 538. The molecular weight excluding hydrogens is 267 g/mol. The summed E-state index contributed by atoms with van der Waals surface area (Å²) in [6, 6.07) is 5.10. The van der Waals surface area contributed by atoms with Crippen LogP contribution in [-0.2, 0) is 12.7 Å². The summed E-state index contributed by atoms with van der Waals surface area (Å²) in [4.78, 5) is 8.14. The van der Waals surface area contributed by atoms with E-state index in [9.17, 15) is 13.2 Å². The average Bonchev–Trinajstić information content (AvgIpc) is 2.45. The first-order valence-corrected chi connectivity index (χ1v) is 6.12. The van der Waals surface area contributed by atoms with Gasteiger partial charge in [-0.1, -0.05) is 12.1 Å². The molecule has 1 N–H and O–H groups in total. The summed E-state index contributed by atoms with van der Waals surface area (Å²) < 4.78 is 37.3. The standard InChI is InChI=1S/C14H14F3N3/c1-10(13-9-18-6-7-19-13)20-8-11-2-4-12(5-3-11)14(15,16)17/h2-7,9-10,20H,8H2,1H3. The first kappa shape index (κ1) is 14.5. The predicted octanol–water partition coefficient (Wildman–Crippen LogP) is 3.35. The lowest BCUT2D eigenvalue weighted by Gasteiger charge is -2.13. The molecule has 1 aromatic carbocycles. The Hall–Kier alpha value is -1.95. The van der Waals surface area contributed by atoms with Gasteiger partial charge in [0.2, 0.25) is 0 Å². The molecule has 0 aliphatic rings. The molecule has 0 saturated carbocycles. The Kier molecular flexibility index (Phi) is 4.34. The zero-order chi connectivity index (χ0) is 14.6. The largest absolute Gasteiger partial charge is 0.416 e. The number of hydrogen-bond acceptors (Lipinski definition) is 3. The molecule has 1 atom stereocenters. The van der Waals surface area contributed by atoms with Crippen LogP contribution in [0, 0.1) is 0 Å². The maximum atomic E-state index is 12.4. The molecule has 1 heterocycles. The predicted molar refractivity (Wildman–Crippen MR) is 68.7 cm³/mol. The lowest BCUT2D eigenvalue weighted by atomic mass is 10.1. The quantitative estimate of drug-likeness (QED) is 0.934. The van der Waals surface area contributed by atoms with Crippen LogP contribution >= 0.6 is 0 Å². The van der Waals surface area contributed by atoms with Crippen LogP contribution in [0.15, 0.2) is 42.9 Å². The van der Waals surface area contributed by atoms with Gasteiger partial charge in [-0.3, -0.25) is 9.97 Å². The van der Waals surface area contributed by atoms with E-state index >= 15 is 0 Å². The third-order valence-electron chi connectivity index (χ3n) is 2.92. The van der Waals surface area contributed by atoms with Crippen molar-refractivity contribution in [3.05, 3.63) is 59.7 Å². The van der Waals surface area contributed by atoms with Crippen LogP contribution in [0.5, 0.6) is 0 Å². The number of aromatic nitrogens is 2. The lowest BCUT2D eigenvalue weighted by molar-refractivity contribution is -0.137. The van der Waals surface area contributed by atoms with E-state index in [4.69, 9.17) is 0 Å². The number of rotatable bonds is 4. The summed E-state index contributed by atoms with van der Waals surface area (Å²) in [6.07, 6.45) is 0.557. The first-order chi connectivity index (χ1) is 9.47. The minimum Gasteiger partial charge on any atom is -0.305 e. The minimum absolute atomic E-state index is 0.0222. The molecule has 20 heavy (non-hydrogen) atoms. The fourth-order valence-electron chi connectivity index (χ4n) is 1.72. The second kappa shape index (κ2) is 6.00. The van der Waals surface area contributed by atoms with E-state index in [1.54, 1.807) is 18.6 Å². The number of hydrogen-bond donors (Lipinski definition) is 1. The Morgan fingerprint density at radius 2 is 1.85 bits per heavy atom. The Morgan fingerprint density at radius 3 is 2.40 bits per heavy atom. The molecule has 2 aromatic rings. The maximum absolute atomic E-state index is 12.4. The van der Waals surface area contributed by atoms with Gasteiger partial charge in [-0.15, -0.1) is 0 Å². The van der Waals surface area contributed by atoms with Crippen molar-refractivity contribution in [2.24, 2.45) is 0 Å². The van der Waals surface area contributed by atoms with Crippen LogP contribution < -0.4 is 5.32 Å². The van der Waals surface area contributed by atoms with Gasteiger partial charge in [-0.05, 0) is 24.6 Å².